The minimum atomic E-state index is 0.0742. The number of aromatic hydroxyl groups is 1. The van der Waals surface area contributed by atoms with E-state index in [1.807, 2.05) is 41.8 Å². The van der Waals surface area contributed by atoms with Crippen molar-refractivity contribution >= 4 is 17.3 Å². The molecule has 6 nitrogen and oxygen atoms in total. The van der Waals surface area contributed by atoms with Gasteiger partial charge in [-0.15, -0.1) is 10.2 Å². The average molecular weight is 458 g/mol. The zero-order chi connectivity index (χ0) is 23.4. The SMILES string of the molecule is Cc1ccc(N(Cc2c(C)ccc(O)c2Cl)Cc2nncn2Cc2ccc(C#N)cc2)cc1. The maximum Gasteiger partial charge on any atom is 0.152 e. The fourth-order valence-electron chi connectivity index (χ4n) is 3.67. The van der Waals surface area contributed by atoms with E-state index in [0.717, 1.165) is 28.2 Å². The smallest absolute Gasteiger partial charge is 0.152 e. The predicted octanol–water partition coefficient (Wildman–Crippen LogP) is 5.38. The Balaban J connectivity index is 1.64. The lowest BCUT2D eigenvalue weighted by Crippen LogP contribution is -2.25. The Kier molecular flexibility index (Phi) is 6.62. The molecule has 0 atom stereocenters. The molecule has 166 valence electrons. The van der Waals surface area contributed by atoms with Crippen LogP contribution in [0.4, 0.5) is 5.69 Å². The highest BCUT2D eigenvalue weighted by molar-refractivity contribution is 6.32. The van der Waals surface area contributed by atoms with Gasteiger partial charge in [0.2, 0.25) is 0 Å². The van der Waals surface area contributed by atoms with Crippen LogP contribution in [0, 0.1) is 25.2 Å². The molecule has 0 spiro atoms. The number of phenols is 1. The summed E-state index contributed by atoms with van der Waals surface area (Å²) >= 11 is 6.47. The molecule has 1 heterocycles. The average Bonchev–Trinajstić information content (AvgIpc) is 3.26. The van der Waals surface area contributed by atoms with Crippen LogP contribution in [0.15, 0.2) is 67.0 Å². The van der Waals surface area contributed by atoms with E-state index in [1.54, 1.807) is 12.4 Å². The standard InChI is InChI=1S/C26H24ClN5O/c1-18-3-10-22(11-4-18)31(15-23-19(2)5-12-24(33)26(23)27)16-25-30-29-17-32(25)14-21-8-6-20(13-28)7-9-21/h3-12,17,33H,14-16H2,1-2H3. The molecule has 4 rings (SSSR count). The summed E-state index contributed by atoms with van der Waals surface area (Å²) in [4.78, 5) is 2.17. The number of nitrogens with zero attached hydrogens (tertiary/aromatic N) is 5. The van der Waals surface area contributed by atoms with Crippen LogP contribution in [0.3, 0.4) is 0 Å². The number of hydrogen-bond donors (Lipinski definition) is 1. The molecule has 0 saturated heterocycles. The number of benzene rings is 3. The molecule has 4 aromatic rings. The minimum Gasteiger partial charge on any atom is -0.506 e. The molecule has 0 bridgehead atoms. The van der Waals surface area contributed by atoms with Crippen molar-refractivity contribution in [3.8, 4) is 11.8 Å². The van der Waals surface area contributed by atoms with Crippen LogP contribution in [-0.4, -0.2) is 19.9 Å². The molecular formula is C26H24ClN5O. The van der Waals surface area contributed by atoms with Crippen LogP contribution in [0.2, 0.25) is 5.02 Å². The van der Waals surface area contributed by atoms with Crippen molar-refractivity contribution in [2.24, 2.45) is 0 Å². The maximum atomic E-state index is 10.1. The Morgan fingerprint density at radius 3 is 2.42 bits per heavy atom. The number of phenolic OH excluding ortho intramolecular Hbond substituents is 1. The van der Waals surface area contributed by atoms with Gasteiger partial charge in [-0.2, -0.15) is 5.26 Å². The zero-order valence-electron chi connectivity index (χ0n) is 18.5. The highest BCUT2D eigenvalue weighted by atomic mass is 35.5. The third-order valence-corrected chi connectivity index (χ3v) is 6.09. The molecule has 3 aromatic carbocycles. The lowest BCUT2D eigenvalue weighted by Gasteiger charge is -2.26. The molecule has 7 heteroatoms. The Morgan fingerprint density at radius 1 is 1.00 bits per heavy atom. The van der Waals surface area contributed by atoms with Crippen molar-refractivity contribution in [1.29, 1.82) is 5.26 Å². The van der Waals surface area contributed by atoms with E-state index in [-0.39, 0.29) is 5.75 Å². The van der Waals surface area contributed by atoms with Crippen molar-refractivity contribution in [3.63, 3.8) is 0 Å². The lowest BCUT2D eigenvalue weighted by molar-refractivity contribution is 0.474. The van der Waals surface area contributed by atoms with Gasteiger partial charge in [0.05, 0.1) is 29.7 Å². The third-order valence-electron chi connectivity index (χ3n) is 5.67. The molecule has 1 aromatic heterocycles. The van der Waals surface area contributed by atoms with E-state index in [1.165, 1.54) is 5.56 Å². The summed E-state index contributed by atoms with van der Waals surface area (Å²) in [6, 6.07) is 21.4. The first-order chi connectivity index (χ1) is 15.9. The molecule has 0 aliphatic carbocycles. The third kappa shape index (κ3) is 5.16. The highest BCUT2D eigenvalue weighted by Gasteiger charge is 2.17. The second kappa shape index (κ2) is 9.76. The van der Waals surface area contributed by atoms with Gasteiger partial charge < -0.3 is 14.6 Å². The van der Waals surface area contributed by atoms with E-state index in [4.69, 9.17) is 16.9 Å². The summed E-state index contributed by atoms with van der Waals surface area (Å²) in [7, 11) is 0. The zero-order valence-corrected chi connectivity index (χ0v) is 19.3. The lowest BCUT2D eigenvalue weighted by atomic mass is 10.1. The van der Waals surface area contributed by atoms with Crippen LogP contribution in [0.25, 0.3) is 0 Å². The summed E-state index contributed by atoms with van der Waals surface area (Å²) in [5.74, 6) is 0.874. The largest absolute Gasteiger partial charge is 0.506 e. The van der Waals surface area contributed by atoms with Gasteiger partial charge in [-0.3, -0.25) is 0 Å². The van der Waals surface area contributed by atoms with Gasteiger partial charge in [0, 0.05) is 12.2 Å². The molecule has 1 N–H and O–H groups in total. The molecule has 0 fully saturated rings. The van der Waals surface area contributed by atoms with Crippen LogP contribution in [0.1, 0.15) is 33.6 Å². The van der Waals surface area contributed by atoms with E-state index < -0.39 is 0 Å². The number of aryl methyl sites for hydroxylation is 2. The summed E-state index contributed by atoms with van der Waals surface area (Å²) in [5.41, 5.74) is 5.77. The molecule has 0 unspecified atom stereocenters. The molecule has 0 amide bonds. The van der Waals surface area contributed by atoms with Crippen molar-refractivity contribution in [3.05, 3.63) is 106 Å². The number of anilines is 1. The molecule has 0 aliphatic heterocycles. The summed E-state index contributed by atoms with van der Waals surface area (Å²) in [6.45, 7) is 5.65. The van der Waals surface area contributed by atoms with Gasteiger partial charge in [0.15, 0.2) is 5.82 Å². The number of rotatable bonds is 7. The van der Waals surface area contributed by atoms with Gasteiger partial charge in [0.1, 0.15) is 12.1 Å². The fraction of sp³-hybridized carbons (Fsp3) is 0.192. The normalized spacial score (nSPS) is 10.7. The molecular weight excluding hydrogens is 434 g/mol. The Morgan fingerprint density at radius 2 is 1.73 bits per heavy atom. The van der Waals surface area contributed by atoms with Gasteiger partial charge in [-0.1, -0.05) is 47.5 Å². The van der Waals surface area contributed by atoms with Gasteiger partial charge in [-0.25, -0.2) is 0 Å². The minimum absolute atomic E-state index is 0.0742. The van der Waals surface area contributed by atoms with Crippen molar-refractivity contribution in [2.45, 2.75) is 33.5 Å². The van der Waals surface area contributed by atoms with Crippen LogP contribution in [-0.2, 0) is 19.6 Å². The van der Waals surface area contributed by atoms with E-state index in [0.29, 0.717) is 30.2 Å². The van der Waals surface area contributed by atoms with E-state index >= 15 is 0 Å². The van der Waals surface area contributed by atoms with E-state index in [9.17, 15) is 5.11 Å². The van der Waals surface area contributed by atoms with Gasteiger partial charge >= 0.3 is 0 Å². The van der Waals surface area contributed by atoms with Crippen molar-refractivity contribution in [2.75, 3.05) is 4.90 Å². The predicted molar refractivity (Wildman–Crippen MR) is 129 cm³/mol. The first-order valence-corrected chi connectivity index (χ1v) is 11.0. The summed E-state index contributed by atoms with van der Waals surface area (Å²) in [5, 5.41) is 28.0. The van der Waals surface area contributed by atoms with Crippen molar-refractivity contribution in [1.82, 2.24) is 14.8 Å². The number of nitriles is 1. The first kappa shape index (κ1) is 22.4. The Hall–Kier alpha value is -3.82. The summed E-state index contributed by atoms with van der Waals surface area (Å²) < 4.78 is 2.00. The molecule has 0 radical (unpaired) electrons. The Bertz CT molecular complexity index is 1290. The summed E-state index contributed by atoms with van der Waals surface area (Å²) in [6.07, 6.45) is 1.72. The number of halogens is 1. The topological polar surface area (TPSA) is 78.0 Å². The second-order valence-corrected chi connectivity index (χ2v) is 8.45. The highest BCUT2D eigenvalue weighted by Crippen LogP contribution is 2.32. The molecule has 0 aliphatic rings. The molecule has 0 saturated carbocycles. The van der Waals surface area contributed by atoms with Gasteiger partial charge in [-0.05, 0) is 60.9 Å². The second-order valence-electron chi connectivity index (χ2n) is 8.07. The van der Waals surface area contributed by atoms with Crippen molar-refractivity contribution < 1.29 is 5.11 Å². The van der Waals surface area contributed by atoms with E-state index in [2.05, 4.69) is 52.4 Å². The van der Waals surface area contributed by atoms with Crippen LogP contribution < -0.4 is 4.90 Å². The van der Waals surface area contributed by atoms with Crippen LogP contribution in [0.5, 0.6) is 5.75 Å². The monoisotopic (exact) mass is 457 g/mol. The fourth-order valence-corrected chi connectivity index (χ4v) is 3.94. The Labute approximate surface area is 198 Å². The van der Waals surface area contributed by atoms with Crippen LogP contribution >= 0.6 is 11.6 Å². The quantitative estimate of drug-likeness (QED) is 0.403. The van der Waals surface area contributed by atoms with Gasteiger partial charge in [0.25, 0.3) is 0 Å². The maximum absolute atomic E-state index is 10.1. The molecule has 33 heavy (non-hydrogen) atoms. The number of hydrogen-bond acceptors (Lipinski definition) is 5. The first-order valence-electron chi connectivity index (χ1n) is 10.6. The number of aromatic nitrogens is 3.